The lowest BCUT2D eigenvalue weighted by molar-refractivity contribution is 0.786. The van der Waals surface area contributed by atoms with Crippen LogP contribution < -0.4 is 5.32 Å². The van der Waals surface area contributed by atoms with Crippen molar-refractivity contribution in [3.8, 4) is 0 Å². The second kappa shape index (κ2) is 5.42. The van der Waals surface area contributed by atoms with Crippen molar-refractivity contribution in [2.75, 3.05) is 18.6 Å². The zero-order chi connectivity index (χ0) is 12.3. The van der Waals surface area contributed by atoms with E-state index in [9.17, 15) is 0 Å². The van der Waals surface area contributed by atoms with E-state index < -0.39 is 0 Å². The summed E-state index contributed by atoms with van der Waals surface area (Å²) in [7, 11) is 3.81. The van der Waals surface area contributed by atoms with Gasteiger partial charge in [-0.25, -0.2) is 15.0 Å². The van der Waals surface area contributed by atoms with Gasteiger partial charge < -0.3 is 9.88 Å². The van der Waals surface area contributed by atoms with E-state index in [0.717, 1.165) is 21.2 Å². The Balaban J connectivity index is 2.29. The molecule has 2 aromatic rings. The number of hydrogen-bond donors (Lipinski definition) is 1. The van der Waals surface area contributed by atoms with E-state index in [4.69, 9.17) is 0 Å². The van der Waals surface area contributed by atoms with Crippen LogP contribution in [0.3, 0.4) is 0 Å². The van der Waals surface area contributed by atoms with E-state index in [0.29, 0.717) is 0 Å². The highest BCUT2D eigenvalue weighted by Crippen LogP contribution is 2.27. The fraction of sp³-hybridized carbons (Fsp3) is 0.300. The number of nitrogens with one attached hydrogen (secondary N) is 1. The van der Waals surface area contributed by atoms with Gasteiger partial charge >= 0.3 is 0 Å². The molecule has 7 heteroatoms. The molecule has 0 amide bonds. The molecule has 0 fully saturated rings. The smallest absolute Gasteiger partial charge is 0.190 e. The van der Waals surface area contributed by atoms with Crippen LogP contribution in [0.1, 0.15) is 0 Å². The first-order chi connectivity index (χ1) is 8.22. The monoisotopic (exact) mass is 267 g/mol. The maximum Gasteiger partial charge on any atom is 0.190 e. The molecule has 2 heterocycles. The van der Waals surface area contributed by atoms with Crippen molar-refractivity contribution in [2.45, 2.75) is 15.3 Å². The van der Waals surface area contributed by atoms with E-state index in [1.54, 1.807) is 6.20 Å². The molecule has 0 saturated carbocycles. The van der Waals surface area contributed by atoms with Gasteiger partial charge in [-0.3, -0.25) is 0 Å². The molecule has 0 aliphatic rings. The molecule has 0 aromatic carbocycles. The van der Waals surface area contributed by atoms with Gasteiger partial charge in [-0.1, -0.05) is 11.8 Å². The Kier molecular flexibility index (Phi) is 3.90. The van der Waals surface area contributed by atoms with Crippen molar-refractivity contribution in [1.82, 2.24) is 19.5 Å². The van der Waals surface area contributed by atoms with Crippen molar-refractivity contribution >= 4 is 29.3 Å². The van der Waals surface area contributed by atoms with Crippen LogP contribution in [0.5, 0.6) is 0 Å². The van der Waals surface area contributed by atoms with E-state index >= 15 is 0 Å². The minimum Gasteiger partial charge on any atom is -0.373 e. The number of imidazole rings is 1. The highest BCUT2D eigenvalue weighted by Gasteiger charge is 2.07. The first-order valence-corrected chi connectivity index (χ1v) is 7.03. The summed E-state index contributed by atoms with van der Waals surface area (Å²) in [5, 5.41) is 5.60. The number of anilines is 1. The summed E-state index contributed by atoms with van der Waals surface area (Å²) < 4.78 is 1.96. The van der Waals surface area contributed by atoms with Gasteiger partial charge in [0.25, 0.3) is 0 Å². The summed E-state index contributed by atoms with van der Waals surface area (Å²) in [6.45, 7) is 0. The molecular formula is C10H13N5S2. The third-order valence-electron chi connectivity index (χ3n) is 2.09. The van der Waals surface area contributed by atoms with Crippen LogP contribution in [-0.2, 0) is 7.05 Å². The van der Waals surface area contributed by atoms with Gasteiger partial charge in [-0.2, -0.15) is 0 Å². The number of hydrogen-bond acceptors (Lipinski definition) is 6. The van der Waals surface area contributed by atoms with Crippen LogP contribution in [0.25, 0.3) is 0 Å². The highest BCUT2D eigenvalue weighted by molar-refractivity contribution is 7.99. The normalized spacial score (nSPS) is 10.5. The quantitative estimate of drug-likeness (QED) is 0.520. The number of nitrogens with zero attached hydrogens (tertiary/aromatic N) is 4. The maximum atomic E-state index is 4.44. The first-order valence-electron chi connectivity index (χ1n) is 4.99. The van der Waals surface area contributed by atoms with Crippen molar-refractivity contribution in [3.63, 3.8) is 0 Å². The largest absolute Gasteiger partial charge is 0.373 e. The molecule has 0 aliphatic heterocycles. The van der Waals surface area contributed by atoms with Crippen LogP contribution in [0, 0.1) is 0 Å². The summed E-state index contributed by atoms with van der Waals surface area (Å²) in [6, 6.07) is 1.92. The summed E-state index contributed by atoms with van der Waals surface area (Å²) in [6.07, 6.45) is 5.65. The molecule has 0 spiro atoms. The van der Waals surface area contributed by atoms with Gasteiger partial charge in [0.15, 0.2) is 10.3 Å². The van der Waals surface area contributed by atoms with Crippen LogP contribution >= 0.6 is 23.5 Å². The lowest BCUT2D eigenvalue weighted by Gasteiger charge is -2.05. The second-order valence-corrected chi connectivity index (χ2v) is 5.01. The Morgan fingerprint density at radius 1 is 1.35 bits per heavy atom. The summed E-state index contributed by atoms with van der Waals surface area (Å²) >= 11 is 3.05. The fourth-order valence-electron chi connectivity index (χ4n) is 1.22. The molecule has 0 radical (unpaired) electrons. The van der Waals surface area contributed by atoms with E-state index in [2.05, 4.69) is 20.3 Å². The van der Waals surface area contributed by atoms with Crippen LogP contribution in [-0.4, -0.2) is 32.8 Å². The molecule has 2 rings (SSSR count). The number of aromatic nitrogens is 4. The van der Waals surface area contributed by atoms with Gasteiger partial charge in [0.1, 0.15) is 10.8 Å². The highest BCUT2D eigenvalue weighted by atomic mass is 32.2. The zero-order valence-electron chi connectivity index (χ0n) is 9.84. The van der Waals surface area contributed by atoms with E-state index in [1.807, 2.05) is 37.2 Å². The molecule has 0 unspecified atom stereocenters. The Morgan fingerprint density at radius 2 is 2.18 bits per heavy atom. The Bertz CT molecular complexity index is 489. The molecule has 0 bridgehead atoms. The minimum absolute atomic E-state index is 0.758. The zero-order valence-corrected chi connectivity index (χ0v) is 11.5. The summed E-state index contributed by atoms with van der Waals surface area (Å²) in [5.41, 5.74) is 0. The molecule has 5 nitrogen and oxygen atoms in total. The standard InChI is InChI=1S/C10H13N5S2/c1-11-7-6-8(14-9(13-7)16-3)17-10-12-4-5-15(10)2/h4-6H,1-3H3,(H,11,13,14). The second-order valence-electron chi connectivity index (χ2n) is 3.25. The van der Waals surface area contributed by atoms with Crippen LogP contribution in [0.2, 0.25) is 0 Å². The lowest BCUT2D eigenvalue weighted by Crippen LogP contribution is -1.97. The lowest BCUT2D eigenvalue weighted by atomic mass is 10.6. The van der Waals surface area contributed by atoms with Crippen LogP contribution in [0.15, 0.2) is 33.8 Å². The predicted octanol–water partition coefficient (Wildman–Crippen LogP) is 2.12. The van der Waals surface area contributed by atoms with Crippen molar-refractivity contribution in [2.24, 2.45) is 7.05 Å². The topological polar surface area (TPSA) is 55.6 Å². The molecule has 0 atom stereocenters. The van der Waals surface area contributed by atoms with Gasteiger partial charge in [-0.05, 0) is 18.0 Å². The number of rotatable bonds is 4. The van der Waals surface area contributed by atoms with E-state index in [1.165, 1.54) is 23.5 Å². The van der Waals surface area contributed by atoms with Gasteiger partial charge in [0.2, 0.25) is 0 Å². The Morgan fingerprint density at radius 3 is 2.76 bits per heavy atom. The fourth-order valence-corrected chi connectivity index (χ4v) is 2.46. The Hall–Kier alpha value is -1.21. The predicted molar refractivity (Wildman–Crippen MR) is 70.7 cm³/mol. The number of aryl methyl sites for hydroxylation is 1. The SMILES string of the molecule is CNc1cc(Sc2nccn2C)nc(SC)n1. The molecule has 0 aliphatic carbocycles. The molecule has 2 aromatic heterocycles. The van der Waals surface area contributed by atoms with E-state index in [-0.39, 0.29) is 0 Å². The average molecular weight is 267 g/mol. The molecular weight excluding hydrogens is 254 g/mol. The van der Waals surface area contributed by atoms with Crippen molar-refractivity contribution < 1.29 is 0 Å². The third kappa shape index (κ3) is 2.92. The average Bonchev–Trinajstić information content (AvgIpc) is 2.74. The first kappa shape index (κ1) is 12.3. The van der Waals surface area contributed by atoms with Gasteiger partial charge in [0.05, 0.1) is 0 Å². The molecule has 17 heavy (non-hydrogen) atoms. The third-order valence-corrected chi connectivity index (χ3v) is 3.64. The molecule has 90 valence electrons. The minimum atomic E-state index is 0.758. The van der Waals surface area contributed by atoms with Gasteiger partial charge in [0, 0.05) is 32.6 Å². The summed E-state index contributed by atoms with van der Waals surface area (Å²) in [5.74, 6) is 0.820. The molecule has 1 N–H and O–H groups in total. The van der Waals surface area contributed by atoms with Gasteiger partial charge in [-0.15, -0.1) is 0 Å². The van der Waals surface area contributed by atoms with Crippen molar-refractivity contribution in [3.05, 3.63) is 18.5 Å². The Labute approximate surface area is 108 Å². The van der Waals surface area contributed by atoms with Crippen LogP contribution in [0.4, 0.5) is 5.82 Å². The molecule has 0 saturated heterocycles. The maximum absolute atomic E-state index is 4.44. The van der Waals surface area contributed by atoms with Crippen molar-refractivity contribution in [1.29, 1.82) is 0 Å². The number of thioether (sulfide) groups is 1. The summed E-state index contributed by atoms with van der Waals surface area (Å²) in [4.78, 5) is 13.0.